The van der Waals surface area contributed by atoms with Crippen LogP contribution in [0.4, 0.5) is 5.69 Å². The van der Waals surface area contributed by atoms with Crippen LogP contribution in [-0.4, -0.2) is 26.4 Å². The summed E-state index contributed by atoms with van der Waals surface area (Å²) in [7, 11) is 0. The molecule has 1 aliphatic rings. The van der Waals surface area contributed by atoms with E-state index in [1.54, 1.807) is 36.4 Å². The molecule has 1 aliphatic heterocycles. The lowest BCUT2D eigenvalue weighted by Crippen LogP contribution is -2.30. The molecule has 0 radical (unpaired) electrons. The van der Waals surface area contributed by atoms with Crippen molar-refractivity contribution in [3.8, 4) is 11.3 Å². The number of amides is 2. The quantitative estimate of drug-likeness (QED) is 0.493. The largest absolute Gasteiger partial charge is 0.300 e. The third-order valence-corrected chi connectivity index (χ3v) is 5.56. The van der Waals surface area contributed by atoms with Gasteiger partial charge in [-0.25, -0.2) is 4.90 Å². The van der Waals surface area contributed by atoms with Gasteiger partial charge in [-0.3, -0.25) is 14.4 Å². The minimum absolute atomic E-state index is 0.132. The standard InChI is InChI=1S/C20H12N4O3S/c1-11-7-9-13(10-8-11)23-18(26)15-16(19(23)27)28-20-21-17(25)14(22-24(15)20)12-5-3-2-4-6-12/h2-10H,1H3. The fraction of sp³-hybridized carbons (Fsp3) is 0.0500. The van der Waals surface area contributed by atoms with E-state index >= 15 is 0 Å². The number of anilines is 1. The minimum atomic E-state index is -0.499. The number of carbonyl (C=O) groups excluding carboxylic acids is 2. The first-order chi connectivity index (χ1) is 13.5. The van der Waals surface area contributed by atoms with Gasteiger partial charge in [-0.15, -0.1) is 0 Å². The molecule has 7 nitrogen and oxygen atoms in total. The Morgan fingerprint density at radius 2 is 1.61 bits per heavy atom. The number of benzene rings is 2. The third-order valence-electron chi connectivity index (χ3n) is 4.54. The summed E-state index contributed by atoms with van der Waals surface area (Å²) >= 11 is 0.995. The van der Waals surface area contributed by atoms with Crippen LogP contribution in [0.3, 0.4) is 0 Å². The van der Waals surface area contributed by atoms with Crippen LogP contribution in [0.1, 0.15) is 25.7 Å². The van der Waals surface area contributed by atoms with Crippen LogP contribution in [0, 0.1) is 6.92 Å². The fourth-order valence-electron chi connectivity index (χ4n) is 3.16. The van der Waals surface area contributed by atoms with E-state index in [4.69, 9.17) is 0 Å². The van der Waals surface area contributed by atoms with Crippen molar-refractivity contribution in [3.63, 3.8) is 0 Å². The van der Waals surface area contributed by atoms with Crippen molar-refractivity contribution in [2.24, 2.45) is 0 Å². The molecule has 0 fully saturated rings. The third kappa shape index (κ3) is 2.31. The lowest BCUT2D eigenvalue weighted by atomic mass is 10.2. The van der Waals surface area contributed by atoms with Crippen LogP contribution >= 0.6 is 11.3 Å². The van der Waals surface area contributed by atoms with Gasteiger partial charge in [-0.05, 0) is 19.1 Å². The van der Waals surface area contributed by atoms with E-state index in [1.165, 1.54) is 4.52 Å². The van der Waals surface area contributed by atoms with Crippen LogP contribution in [0.5, 0.6) is 0 Å². The Kier molecular flexibility index (Phi) is 3.50. The monoisotopic (exact) mass is 388 g/mol. The van der Waals surface area contributed by atoms with E-state index in [0.717, 1.165) is 21.8 Å². The number of rotatable bonds is 2. The average molecular weight is 388 g/mol. The molecule has 5 rings (SSSR count). The number of fused-ring (bicyclic) bond motifs is 3. The maximum Gasteiger partial charge on any atom is 0.300 e. The van der Waals surface area contributed by atoms with Crippen molar-refractivity contribution in [2.75, 3.05) is 4.90 Å². The van der Waals surface area contributed by atoms with E-state index in [9.17, 15) is 14.4 Å². The van der Waals surface area contributed by atoms with Crippen LogP contribution < -0.4 is 10.5 Å². The molecule has 28 heavy (non-hydrogen) atoms. The first-order valence-corrected chi connectivity index (χ1v) is 9.31. The van der Waals surface area contributed by atoms with Crippen molar-refractivity contribution >= 4 is 33.8 Å². The molecule has 0 N–H and O–H groups in total. The highest BCUT2D eigenvalue weighted by Gasteiger charge is 2.41. The van der Waals surface area contributed by atoms with Gasteiger partial charge in [0.25, 0.3) is 11.8 Å². The summed E-state index contributed by atoms with van der Waals surface area (Å²) in [6, 6.07) is 16.0. The predicted octanol–water partition coefficient (Wildman–Crippen LogP) is 2.93. The summed E-state index contributed by atoms with van der Waals surface area (Å²) in [5.41, 5.74) is 1.89. The molecule has 0 atom stereocenters. The number of thiazole rings is 1. The Morgan fingerprint density at radius 1 is 0.893 bits per heavy atom. The zero-order chi connectivity index (χ0) is 19.4. The Bertz CT molecular complexity index is 1320. The first-order valence-electron chi connectivity index (χ1n) is 8.49. The minimum Gasteiger partial charge on any atom is -0.267 e. The summed E-state index contributed by atoms with van der Waals surface area (Å²) in [5.74, 6) is -0.915. The summed E-state index contributed by atoms with van der Waals surface area (Å²) in [5, 5.41) is 4.36. The molecule has 0 spiro atoms. The van der Waals surface area contributed by atoms with Gasteiger partial charge in [0.2, 0.25) is 4.96 Å². The number of nitrogens with zero attached hydrogens (tertiary/aromatic N) is 4. The molecule has 3 heterocycles. The molecule has 0 aliphatic carbocycles. The molecule has 2 amide bonds. The van der Waals surface area contributed by atoms with E-state index in [0.29, 0.717) is 11.3 Å². The second-order valence-corrected chi connectivity index (χ2v) is 7.36. The molecular formula is C20H12N4O3S. The van der Waals surface area contributed by atoms with Crippen molar-refractivity contribution in [1.29, 1.82) is 0 Å². The van der Waals surface area contributed by atoms with Gasteiger partial charge >= 0.3 is 5.56 Å². The lowest BCUT2D eigenvalue weighted by Gasteiger charge is -2.14. The number of aromatic nitrogens is 3. The van der Waals surface area contributed by atoms with Gasteiger partial charge in [-0.2, -0.15) is 14.6 Å². The number of hydrogen-bond donors (Lipinski definition) is 0. The molecule has 2 aromatic carbocycles. The van der Waals surface area contributed by atoms with Crippen LogP contribution in [0.15, 0.2) is 59.4 Å². The van der Waals surface area contributed by atoms with Gasteiger partial charge in [-0.1, -0.05) is 59.4 Å². The maximum absolute atomic E-state index is 13.0. The SMILES string of the molecule is Cc1ccc(N2C(=O)c3sc4nc(=O)c(-c5ccccc5)nn4c3C2=O)cc1. The Morgan fingerprint density at radius 3 is 2.32 bits per heavy atom. The molecule has 4 aromatic rings. The van der Waals surface area contributed by atoms with Gasteiger partial charge in [0, 0.05) is 5.56 Å². The normalized spacial score (nSPS) is 13.4. The van der Waals surface area contributed by atoms with Crippen molar-refractivity contribution < 1.29 is 9.59 Å². The van der Waals surface area contributed by atoms with Crippen LogP contribution in [0.25, 0.3) is 16.2 Å². The molecule has 0 saturated carbocycles. The lowest BCUT2D eigenvalue weighted by molar-refractivity contribution is 0.0924. The Labute approximate surface area is 162 Å². The van der Waals surface area contributed by atoms with E-state index in [1.807, 2.05) is 25.1 Å². The second kappa shape index (κ2) is 5.93. The summed E-state index contributed by atoms with van der Waals surface area (Å²) in [4.78, 5) is 43.9. The molecule has 2 aromatic heterocycles. The topological polar surface area (TPSA) is 84.6 Å². The maximum atomic E-state index is 13.0. The van der Waals surface area contributed by atoms with Crippen LogP contribution in [-0.2, 0) is 0 Å². The van der Waals surface area contributed by atoms with Gasteiger partial charge in [0.1, 0.15) is 4.88 Å². The highest BCUT2D eigenvalue weighted by molar-refractivity contribution is 7.19. The number of carbonyl (C=O) groups is 2. The van der Waals surface area contributed by atoms with E-state index in [-0.39, 0.29) is 21.2 Å². The highest BCUT2D eigenvalue weighted by Crippen LogP contribution is 2.33. The van der Waals surface area contributed by atoms with Gasteiger partial charge < -0.3 is 0 Å². The average Bonchev–Trinajstić information content (AvgIpc) is 3.18. The summed E-state index contributed by atoms with van der Waals surface area (Å²) < 4.78 is 1.30. The summed E-state index contributed by atoms with van der Waals surface area (Å²) in [6.07, 6.45) is 0. The van der Waals surface area contributed by atoms with E-state index < -0.39 is 17.4 Å². The Hall–Kier alpha value is -3.65. The summed E-state index contributed by atoms with van der Waals surface area (Å²) in [6.45, 7) is 1.93. The van der Waals surface area contributed by atoms with Crippen molar-refractivity contribution in [3.05, 3.63) is 81.1 Å². The molecule has 136 valence electrons. The van der Waals surface area contributed by atoms with Gasteiger partial charge in [0.05, 0.1) is 5.69 Å². The zero-order valence-electron chi connectivity index (χ0n) is 14.6. The van der Waals surface area contributed by atoms with Crippen molar-refractivity contribution in [2.45, 2.75) is 6.92 Å². The molecule has 0 saturated heterocycles. The zero-order valence-corrected chi connectivity index (χ0v) is 15.4. The highest BCUT2D eigenvalue weighted by atomic mass is 32.1. The number of hydrogen-bond acceptors (Lipinski definition) is 6. The fourth-order valence-corrected chi connectivity index (χ4v) is 4.14. The molecule has 8 heteroatoms. The molecule has 0 unspecified atom stereocenters. The predicted molar refractivity (Wildman–Crippen MR) is 105 cm³/mol. The van der Waals surface area contributed by atoms with E-state index in [2.05, 4.69) is 10.1 Å². The number of imide groups is 1. The van der Waals surface area contributed by atoms with Crippen LogP contribution in [0.2, 0.25) is 0 Å². The van der Waals surface area contributed by atoms with Crippen molar-refractivity contribution in [1.82, 2.24) is 14.6 Å². The molecular weight excluding hydrogens is 376 g/mol. The Balaban J connectivity index is 1.69. The molecule has 0 bridgehead atoms. The van der Waals surface area contributed by atoms with Gasteiger partial charge in [0.15, 0.2) is 11.4 Å². The second-order valence-electron chi connectivity index (χ2n) is 6.39. The first kappa shape index (κ1) is 16.5. The number of aryl methyl sites for hydroxylation is 1. The smallest absolute Gasteiger partial charge is 0.267 e.